The lowest BCUT2D eigenvalue weighted by Crippen LogP contribution is -2.45. The highest BCUT2D eigenvalue weighted by molar-refractivity contribution is 5.62. The first-order chi connectivity index (χ1) is 15.1. The molecule has 3 aromatic rings. The van der Waals surface area contributed by atoms with Gasteiger partial charge in [0.25, 0.3) is 0 Å². The second-order valence-electron chi connectivity index (χ2n) is 8.21. The van der Waals surface area contributed by atoms with Crippen LogP contribution in [-0.2, 0) is 13.2 Å². The minimum atomic E-state index is 0.587. The lowest BCUT2D eigenvalue weighted by Gasteiger charge is -2.10. The van der Waals surface area contributed by atoms with E-state index in [1.807, 2.05) is 30.3 Å². The number of anilines is 1. The Balaban J connectivity index is 1.51. The van der Waals surface area contributed by atoms with Crippen molar-refractivity contribution in [1.29, 1.82) is 0 Å². The van der Waals surface area contributed by atoms with Gasteiger partial charge in [-0.25, -0.2) is 0 Å². The Labute approximate surface area is 187 Å². The minimum Gasteiger partial charge on any atom is -0.489 e. The van der Waals surface area contributed by atoms with E-state index >= 15 is 0 Å². The van der Waals surface area contributed by atoms with Crippen LogP contribution in [0.15, 0.2) is 84.9 Å². The van der Waals surface area contributed by atoms with Crippen LogP contribution in [0.5, 0.6) is 5.75 Å². The van der Waals surface area contributed by atoms with Crippen molar-refractivity contribution in [3.63, 3.8) is 0 Å². The molecule has 0 bridgehead atoms. The Hall–Kier alpha value is -3.04. The van der Waals surface area contributed by atoms with Crippen molar-refractivity contribution < 1.29 is 10.5 Å². The Morgan fingerprint density at radius 3 is 2.48 bits per heavy atom. The van der Waals surface area contributed by atoms with Crippen molar-refractivity contribution in [2.75, 3.05) is 5.32 Å². The molecule has 0 aliphatic heterocycles. The van der Waals surface area contributed by atoms with Crippen molar-refractivity contribution in [1.82, 2.24) is 0 Å². The van der Waals surface area contributed by atoms with Gasteiger partial charge in [0, 0.05) is 17.8 Å². The first-order valence-corrected chi connectivity index (χ1v) is 11.3. The predicted octanol–water partition coefficient (Wildman–Crippen LogP) is 6.29. The molecule has 0 saturated heterocycles. The largest absolute Gasteiger partial charge is 0.489 e. The van der Waals surface area contributed by atoms with Crippen LogP contribution >= 0.6 is 0 Å². The van der Waals surface area contributed by atoms with E-state index < -0.39 is 0 Å². The van der Waals surface area contributed by atoms with Crippen LogP contribution in [0, 0.1) is 5.92 Å². The number of allylic oxidation sites excluding steroid dienone is 1. The van der Waals surface area contributed by atoms with E-state index in [1.54, 1.807) is 0 Å². The molecule has 0 saturated carbocycles. The predicted molar refractivity (Wildman–Crippen MR) is 131 cm³/mol. The molecular weight excluding hydrogens is 380 g/mol. The Morgan fingerprint density at radius 2 is 1.74 bits per heavy atom. The summed E-state index contributed by atoms with van der Waals surface area (Å²) >= 11 is 0. The van der Waals surface area contributed by atoms with Crippen molar-refractivity contribution in [3.8, 4) is 5.75 Å². The van der Waals surface area contributed by atoms with Crippen LogP contribution in [-0.4, -0.2) is 0 Å². The summed E-state index contributed by atoms with van der Waals surface area (Å²) < 4.78 is 5.87. The highest BCUT2D eigenvalue weighted by Gasteiger charge is 2.05. The van der Waals surface area contributed by atoms with Gasteiger partial charge in [-0.05, 0) is 59.9 Å². The van der Waals surface area contributed by atoms with E-state index in [0.29, 0.717) is 12.5 Å². The monoisotopic (exact) mass is 415 g/mol. The Kier molecular flexibility index (Phi) is 8.74. The first kappa shape index (κ1) is 22.6. The van der Waals surface area contributed by atoms with Gasteiger partial charge in [-0.2, -0.15) is 0 Å². The van der Waals surface area contributed by atoms with Gasteiger partial charge in [-0.1, -0.05) is 75.2 Å². The summed E-state index contributed by atoms with van der Waals surface area (Å²) in [7, 11) is 0. The molecule has 0 aliphatic rings. The molecule has 0 aromatic heterocycles. The molecule has 31 heavy (non-hydrogen) atoms. The van der Waals surface area contributed by atoms with Gasteiger partial charge in [0.15, 0.2) is 0 Å². The summed E-state index contributed by atoms with van der Waals surface area (Å²) in [5.41, 5.74) is 10.1. The SMILES string of the molecule is CCCC(C)C/C=C(/[NH3+])c1cccc(NCc2ccc(OCc3ccccc3)cc2)c1. The smallest absolute Gasteiger partial charge is 0.131 e. The first-order valence-electron chi connectivity index (χ1n) is 11.3. The fourth-order valence-electron chi connectivity index (χ4n) is 3.55. The van der Waals surface area contributed by atoms with Gasteiger partial charge in [0.05, 0.1) is 0 Å². The second-order valence-corrected chi connectivity index (χ2v) is 8.21. The van der Waals surface area contributed by atoms with E-state index in [-0.39, 0.29) is 0 Å². The number of rotatable bonds is 11. The van der Waals surface area contributed by atoms with Gasteiger partial charge in [-0.3, -0.25) is 0 Å². The number of benzene rings is 3. The van der Waals surface area contributed by atoms with E-state index in [0.717, 1.165) is 30.1 Å². The molecule has 3 nitrogen and oxygen atoms in total. The summed E-state index contributed by atoms with van der Waals surface area (Å²) in [6.45, 7) is 5.91. The van der Waals surface area contributed by atoms with E-state index in [1.165, 1.54) is 29.5 Å². The molecule has 162 valence electrons. The third kappa shape index (κ3) is 7.62. The average molecular weight is 416 g/mol. The molecule has 1 unspecified atom stereocenters. The molecule has 0 heterocycles. The molecule has 4 N–H and O–H groups in total. The van der Waals surface area contributed by atoms with E-state index in [2.05, 4.69) is 79.5 Å². The standard InChI is InChI=1S/C28H34N2O/c1-3-8-22(2)13-18-28(29)25-11-7-12-26(19-25)30-20-23-14-16-27(17-15-23)31-21-24-9-5-4-6-10-24/h4-7,9-12,14-19,22,30H,3,8,13,20-21,29H2,1-2H3/p+1/b28-18+. The lowest BCUT2D eigenvalue weighted by atomic mass is 10.0. The number of nitrogens with one attached hydrogen (secondary N) is 1. The molecule has 1 atom stereocenters. The molecule has 0 radical (unpaired) electrons. The fraction of sp³-hybridized carbons (Fsp3) is 0.286. The quantitative estimate of drug-likeness (QED) is 0.387. The summed E-state index contributed by atoms with van der Waals surface area (Å²) in [6, 6.07) is 27.0. The van der Waals surface area contributed by atoms with E-state index in [9.17, 15) is 0 Å². The molecule has 3 rings (SSSR count). The molecule has 3 heteroatoms. The van der Waals surface area contributed by atoms with Crippen LogP contribution in [0.25, 0.3) is 5.70 Å². The summed E-state index contributed by atoms with van der Waals surface area (Å²) in [5, 5.41) is 3.52. The van der Waals surface area contributed by atoms with E-state index in [4.69, 9.17) is 4.74 Å². The van der Waals surface area contributed by atoms with Crippen LogP contribution in [0.3, 0.4) is 0 Å². The van der Waals surface area contributed by atoms with Crippen molar-refractivity contribution >= 4 is 11.4 Å². The number of ether oxygens (including phenoxy) is 1. The third-order valence-electron chi connectivity index (χ3n) is 5.45. The maximum atomic E-state index is 5.87. The molecule has 3 aromatic carbocycles. The molecule has 0 fully saturated rings. The summed E-state index contributed by atoms with van der Waals surface area (Å²) in [4.78, 5) is 0. The third-order valence-corrected chi connectivity index (χ3v) is 5.45. The molecule has 0 aliphatic carbocycles. The van der Waals surface area contributed by atoms with Crippen molar-refractivity contribution in [3.05, 3.63) is 102 Å². The van der Waals surface area contributed by atoms with Gasteiger partial charge in [0.1, 0.15) is 18.1 Å². The van der Waals surface area contributed by atoms with Crippen LogP contribution < -0.4 is 15.8 Å². The zero-order valence-electron chi connectivity index (χ0n) is 18.8. The van der Waals surface area contributed by atoms with Crippen LogP contribution in [0.1, 0.15) is 49.8 Å². The average Bonchev–Trinajstić information content (AvgIpc) is 2.81. The molecule has 0 amide bonds. The highest BCUT2D eigenvalue weighted by atomic mass is 16.5. The molecular formula is C28H35N2O+. The minimum absolute atomic E-state index is 0.587. The van der Waals surface area contributed by atoms with Crippen molar-refractivity contribution in [2.24, 2.45) is 5.92 Å². The van der Waals surface area contributed by atoms with Gasteiger partial charge in [0.2, 0.25) is 0 Å². The van der Waals surface area contributed by atoms with Gasteiger partial charge in [-0.15, -0.1) is 0 Å². The summed E-state index contributed by atoms with van der Waals surface area (Å²) in [5.74, 6) is 1.60. The Bertz CT molecular complexity index is 948. The van der Waals surface area contributed by atoms with Crippen molar-refractivity contribution in [2.45, 2.75) is 46.3 Å². The second kappa shape index (κ2) is 12.0. The van der Waals surface area contributed by atoms with Crippen LogP contribution in [0.2, 0.25) is 0 Å². The molecule has 0 spiro atoms. The lowest BCUT2D eigenvalue weighted by molar-refractivity contribution is -0.244. The normalized spacial score (nSPS) is 12.4. The zero-order valence-corrected chi connectivity index (χ0v) is 18.8. The maximum Gasteiger partial charge on any atom is 0.131 e. The zero-order chi connectivity index (χ0) is 21.9. The Morgan fingerprint density at radius 1 is 0.968 bits per heavy atom. The number of quaternary nitrogens is 1. The van der Waals surface area contributed by atoms with Gasteiger partial charge >= 0.3 is 0 Å². The number of hydrogen-bond acceptors (Lipinski definition) is 2. The maximum absolute atomic E-state index is 5.87. The van der Waals surface area contributed by atoms with Crippen LogP contribution in [0.4, 0.5) is 5.69 Å². The van der Waals surface area contributed by atoms with Gasteiger partial charge < -0.3 is 15.8 Å². The summed E-state index contributed by atoms with van der Waals surface area (Å²) in [6.07, 6.45) is 5.86. The highest BCUT2D eigenvalue weighted by Crippen LogP contribution is 2.19. The number of hydrogen-bond donors (Lipinski definition) is 2. The topological polar surface area (TPSA) is 48.9 Å². The fourth-order valence-corrected chi connectivity index (χ4v) is 3.55.